The largest absolute Gasteiger partial charge is 0.296 e. The standard InChI is InChI=1S/C13H11N3O3/c17-6-8-2-1-3-10-12(14-7-16(8)10)9-4-5-11(18)15-13(9)19/h1-3,6-7,9H,4-5H2,(H,15,18,19). The molecular weight excluding hydrogens is 246 g/mol. The van der Waals surface area contributed by atoms with E-state index in [4.69, 9.17) is 0 Å². The third-order valence-electron chi connectivity index (χ3n) is 3.32. The van der Waals surface area contributed by atoms with Crippen LogP contribution in [-0.4, -0.2) is 27.5 Å². The number of hydrogen-bond donors (Lipinski definition) is 1. The molecule has 0 spiro atoms. The summed E-state index contributed by atoms with van der Waals surface area (Å²) in [5, 5.41) is 2.31. The number of hydrogen-bond acceptors (Lipinski definition) is 4. The number of aromatic nitrogens is 2. The van der Waals surface area contributed by atoms with E-state index in [0.717, 1.165) is 11.8 Å². The van der Waals surface area contributed by atoms with Crippen LogP contribution in [0.15, 0.2) is 24.5 Å². The van der Waals surface area contributed by atoms with Gasteiger partial charge in [0.2, 0.25) is 11.8 Å². The average molecular weight is 257 g/mol. The van der Waals surface area contributed by atoms with Crippen molar-refractivity contribution in [3.8, 4) is 0 Å². The van der Waals surface area contributed by atoms with Crippen molar-refractivity contribution in [2.24, 2.45) is 0 Å². The maximum absolute atomic E-state index is 11.9. The van der Waals surface area contributed by atoms with E-state index in [0.29, 0.717) is 24.2 Å². The quantitative estimate of drug-likeness (QED) is 0.633. The van der Waals surface area contributed by atoms with Crippen LogP contribution in [0.3, 0.4) is 0 Å². The monoisotopic (exact) mass is 257 g/mol. The zero-order valence-electron chi connectivity index (χ0n) is 10.00. The molecule has 0 bridgehead atoms. The molecule has 2 aromatic rings. The molecule has 1 aliphatic rings. The van der Waals surface area contributed by atoms with Gasteiger partial charge in [-0.05, 0) is 18.6 Å². The molecule has 1 fully saturated rings. The van der Waals surface area contributed by atoms with Crippen LogP contribution in [0.1, 0.15) is 34.9 Å². The third-order valence-corrected chi connectivity index (χ3v) is 3.32. The lowest BCUT2D eigenvalue weighted by Crippen LogP contribution is -2.39. The van der Waals surface area contributed by atoms with E-state index in [1.54, 1.807) is 22.6 Å². The summed E-state index contributed by atoms with van der Waals surface area (Å²) >= 11 is 0. The van der Waals surface area contributed by atoms with Gasteiger partial charge in [0.1, 0.15) is 6.33 Å². The number of imide groups is 1. The second kappa shape index (κ2) is 4.31. The Kier molecular flexibility index (Phi) is 2.63. The first-order valence-corrected chi connectivity index (χ1v) is 5.95. The van der Waals surface area contributed by atoms with Crippen LogP contribution in [-0.2, 0) is 9.59 Å². The topological polar surface area (TPSA) is 80.5 Å². The van der Waals surface area contributed by atoms with Crippen molar-refractivity contribution in [2.75, 3.05) is 0 Å². The molecule has 0 aromatic carbocycles. The minimum Gasteiger partial charge on any atom is -0.296 e. The van der Waals surface area contributed by atoms with Crippen molar-refractivity contribution >= 4 is 23.6 Å². The van der Waals surface area contributed by atoms with Crippen molar-refractivity contribution in [1.29, 1.82) is 0 Å². The number of aldehydes is 1. The van der Waals surface area contributed by atoms with E-state index in [1.807, 2.05) is 0 Å². The second-order valence-electron chi connectivity index (χ2n) is 4.46. The molecule has 6 nitrogen and oxygen atoms in total. The summed E-state index contributed by atoms with van der Waals surface area (Å²) in [6, 6.07) is 5.23. The Morgan fingerprint density at radius 2 is 2.21 bits per heavy atom. The zero-order chi connectivity index (χ0) is 13.4. The van der Waals surface area contributed by atoms with Gasteiger partial charge in [0, 0.05) is 6.42 Å². The fraction of sp³-hybridized carbons (Fsp3) is 0.231. The lowest BCUT2D eigenvalue weighted by atomic mass is 9.94. The number of carbonyl (C=O) groups is 3. The van der Waals surface area contributed by atoms with Crippen LogP contribution >= 0.6 is 0 Å². The van der Waals surface area contributed by atoms with Crippen LogP contribution in [0.25, 0.3) is 5.52 Å². The molecule has 1 saturated heterocycles. The van der Waals surface area contributed by atoms with Crippen molar-refractivity contribution in [1.82, 2.24) is 14.7 Å². The molecule has 1 aliphatic heterocycles. The number of nitrogens with one attached hydrogen (secondary N) is 1. The number of fused-ring (bicyclic) bond motifs is 1. The predicted octanol–water partition coefficient (Wildman–Crippen LogP) is 0.667. The lowest BCUT2D eigenvalue weighted by Gasteiger charge is -2.19. The minimum atomic E-state index is -0.440. The number of amides is 2. The summed E-state index contributed by atoms with van der Waals surface area (Å²) in [5.74, 6) is -1.02. The highest BCUT2D eigenvalue weighted by Crippen LogP contribution is 2.27. The summed E-state index contributed by atoms with van der Waals surface area (Å²) in [4.78, 5) is 38.2. The number of rotatable bonds is 2. The fourth-order valence-corrected chi connectivity index (χ4v) is 2.38. The van der Waals surface area contributed by atoms with Gasteiger partial charge in [-0.25, -0.2) is 4.98 Å². The average Bonchev–Trinajstić information content (AvgIpc) is 2.82. The summed E-state index contributed by atoms with van der Waals surface area (Å²) in [5.41, 5.74) is 1.80. The molecule has 6 heteroatoms. The second-order valence-corrected chi connectivity index (χ2v) is 4.46. The maximum atomic E-state index is 11.9. The van der Waals surface area contributed by atoms with Crippen LogP contribution < -0.4 is 5.32 Å². The number of nitrogens with zero attached hydrogens (tertiary/aromatic N) is 2. The summed E-state index contributed by atoms with van der Waals surface area (Å²) < 4.78 is 1.64. The number of carbonyl (C=O) groups excluding carboxylic acids is 3. The lowest BCUT2D eigenvalue weighted by molar-refractivity contribution is -0.134. The van der Waals surface area contributed by atoms with Gasteiger partial charge >= 0.3 is 0 Å². The minimum absolute atomic E-state index is 0.252. The van der Waals surface area contributed by atoms with E-state index < -0.39 is 5.92 Å². The first-order valence-electron chi connectivity index (χ1n) is 5.95. The Morgan fingerprint density at radius 3 is 2.95 bits per heavy atom. The van der Waals surface area contributed by atoms with Crippen LogP contribution in [0.5, 0.6) is 0 Å². The smallest absolute Gasteiger partial charge is 0.235 e. The highest BCUT2D eigenvalue weighted by Gasteiger charge is 2.30. The van der Waals surface area contributed by atoms with Crippen molar-refractivity contribution < 1.29 is 14.4 Å². The molecule has 19 heavy (non-hydrogen) atoms. The van der Waals surface area contributed by atoms with Gasteiger partial charge in [0.25, 0.3) is 0 Å². The van der Waals surface area contributed by atoms with E-state index in [2.05, 4.69) is 10.3 Å². The molecule has 1 N–H and O–H groups in total. The maximum Gasteiger partial charge on any atom is 0.235 e. The molecular formula is C13H11N3O3. The Labute approximate surface area is 108 Å². The van der Waals surface area contributed by atoms with Crippen molar-refractivity contribution in [2.45, 2.75) is 18.8 Å². The Hall–Kier alpha value is -2.50. The van der Waals surface area contributed by atoms with E-state index in [1.165, 1.54) is 6.33 Å². The summed E-state index contributed by atoms with van der Waals surface area (Å²) in [6.45, 7) is 0. The molecule has 0 aliphatic carbocycles. The Morgan fingerprint density at radius 1 is 1.37 bits per heavy atom. The first kappa shape index (κ1) is 11.6. The van der Waals surface area contributed by atoms with Crippen LogP contribution in [0, 0.1) is 0 Å². The summed E-state index contributed by atoms with van der Waals surface area (Å²) in [6.07, 6.45) is 3.02. The highest BCUT2D eigenvalue weighted by molar-refractivity contribution is 6.01. The summed E-state index contributed by atoms with van der Waals surface area (Å²) in [7, 11) is 0. The molecule has 3 rings (SSSR count). The molecule has 96 valence electrons. The highest BCUT2D eigenvalue weighted by atomic mass is 16.2. The SMILES string of the molecule is O=Cc1cccc2c(C3CCC(=O)NC3=O)ncn12. The van der Waals surface area contributed by atoms with Crippen molar-refractivity contribution in [3.63, 3.8) is 0 Å². The van der Waals surface area contributed by atoms with Crippen molar-refractivity contribution in [3.05, 3.63) is 35.9 Å². The van der Waals surface area contributed by atoms with Gasteiger partial charge in [-0.3, -0.25) is 24.1 Å². The molecule has 0 radical (unpaired) electrons. The number of piperidine rings is 1. The number of pyridine rings is 1. The zero-order valence-corrected chi connectivity index (χ0v) is 10.00. The van der Waals surface area contributed by atoms with Gasteiger partial charge in [0.05, 0.1) is 22.8 Å². The van der Waals surface area contributed by atoms with Gasteiger partial charge in [-0.2, -0.15) is 0 Å². The molecule has 0 saturated carbocycles. The van der Waals surface area contributed by atoms with E-state index >= 15 is 0 Å². The first-order chi connectivity index (χ1) is 9.20. The Bertz CT molecular complexity index is 689. The van der Waals surface area contributed by atoms with Gasteiger partial charge in [-0.15, -0.1) is 0 Å². The Balaban J connectivity index is 2.09. The normalized spacial score (nSPS) is 19.5. The molecule has 2 amide bonds. The molecule has 2 aromatic heterocycles. The van der Waals surface area contributed by atoms with Gasteiger partial charge in [0.15, 0.2) is 6.29 Å². The van der Waals surface area contributed by atoms with Crippen LogP contribution in [0.2, 0.25) is 0 Å². The fourth-order valence-electron chi connectivity index (χ4n) is 2.38. The van der Waals surface area contributed by atoms with Gasteiger partial charge < -0.3 is 0 Å². The van der Waals surface area contributed by atoms with Crippen LogP contribution in [0.4, 0.5) is 0 Å². The third kappa shape index (κ3) is 1.81. The molecule has 1 unspecified atom stereocenters. The van der Waals surface area contributed by atoms with Gasteiger partial charge in [-0.1, -0.05) is 6.07 Å². The molecule has 3 heterocycles. The molecule has 1 atom stereocenters. The van der Waals surface area contributed by atoms with E-state index in [9.17, 15) is 14.4 Å². The number of imidazole rings is 1. The van der Waals surface area contributed by atoms with E-state index in [-0.39, 0.29) is 11.8 Å². The predicted molar refractivity (Wildman–Crippen MR) is 65.7 cm³/mol.